The van der Waals surface area contributed by atoms with Gasteiger partial charge in [0.1, 0.15) is 10.7 Å². The smallest absolute Gasteiger partial charge is 0.229 e. The molecule has 2 N–H and O–H groups in total. The van der Waals surface area contributed by atoms with Crippen LogP contribution in [0.25, 0.3) is 0 Å². The summed E-state index contributed by atoms with van der Waals surface area (Å²) in [7, 11) is -7.62. The number of piperidine rings is 1. The standard InChI is InChI=1S/C12H17FN2O4S2/c13-11-5-1-2-6-12(11)21(18,19)15-7-3-4-10(8-15)9-20(14,16)17/h1-2,5-6,10H,3-4,7-9H2,(H2,14,16,17). The van der Waals surface area contributed by atoms with Crippen LogP contribution in [0.2, 0.25) is 0 Å². The molecule has 1 fully saturated rings. The third-order valence-corrected chi connectivity index (χ3v) is 6.24. The molecule has 0 aliphatic carbocycles. The average molecular weight is 336 g/mol. The molecule has 0 spiro atoms. The van der Waals surface area contributed by atoms with E-state index in [4.69, 9.17) is 5.14 Å². The summed E-state index contributed by atoms with van der Waals surface area (Å²) >= 11 is 0. The first-order valence-electron chi connectivity index (χ1n) is 6.45. The van der Waals surface area contributed by atoms with E-state index in [0.29, 0.717) is 12.8 Å². The summed E-state index contributed by atoms with van der Waals surface area (Å²) in [6.07, 6.45) is 1.10. The summed E-state index contributed by atoms with van der Waals surface area (Å²) in [5.41, 5.74) is 0. The molecule has 9 heteroatoms. The third-order valence-electron chi connectivity index (χ3n) is 3.40. The molecule has 0 amide bonds. The highest BCUT2D eigenvalue weighted by molar-refractivity contribution is 7.89. The summed E-state index contributed by atoms with van der Waals surface area (Å²) in [5.74, 6) is -1.45. The lowest BCUT2D eigenvalue weighted by Gasteiger charge is -2.31. The summed E-state index contributed by atoms with van der Waals surface area (Å²) in [5, 5.41) is 5.00. The topological polar surface area (TPSA) is 97.5 Å². The second kappa shape index (κ2) is 5.99. The van der Waals surface area contributed by atoms with Gasteiger partial charge in [-0.25, -0.2) is 26.4 Å². The van der Waals surface area contributed by atoms with Crippen LogP contribution in [0, 0.1) is 11.7 Å². The Bertz CT molecular complexity index is 719. The van der Waals surface area contributed by atoms with E-state index in [-0.39, 0.29) is 29.7 Å². The van der Waals surface area contributed by atoms with E-state index < -0.39 is 25.9 Å². The predicted molar refractivity (Wildman–Crippen MR) is 75.9 cm³/mol. The van der Waals surface area contributed by atoms with Crippen LogP contribution in [-0.2, 0) is 20.0 Å². The fraction of sp³-hybridized carbons (Fsp3) is 0.500. The van der Waals surface area contributed by atoms with E-state index >= 15 is 0 Å². The highest BCUT2D eigenvalue weighted by Crippen LogP contribution is 2.25. The summed E-state index contributed by atoms with van der Waals surface area (Å²) in [4.78, 5) is -0.388. The van der Waals surface area contributed by atoms with Crippen LogP contribution in [-0.4, -0.2) is 40.0 Å². The molecule has 118 valence electrons. The maximum Gasteiger partial charge on any atom is 0.245 e. The molecule has 1 atom stereocenters. The Kier molecular flexibility index (Phi) is 4.66. The van der Waals surface area contributed by atoms with Crippen molar-refractivity contribution in [3.05, 3.63) is 30.1 Å². The maximum absolute atomic E-state index is 13.7. The highest BCUT2D eigenvalue weighted by atomic mass is 32.2. The van der Waals surface area contributed by atoms with Crippen LogP contribution in [0.1, 0.15) is 12.8 Å². The van der Waals surface area contributed by atoms with Gasteiger partial charge in [0.25, 0.3) is 0 Å². The van der Waals surface area contributed by atoms with Gasteiger partial charge in [-0.2, -0.15) is 4.31 Å². The van der Waals surface area contributed by atoms with Crippen LogP contribution in [0.4, 0.5) is 4.39 Å². The first-order valence-corrected chi connectivity index (χ1v) is 9.61. The fourth-order valence-electron chi connectivity index (χ4n) is 2.50. The van der Waals surface area contributed by atoms with Crippen LogP contribution in [0.15, 0.2) is 29.2 Å². The molecule has 0 aromatic heterocycles. The number of benzene rings is 1. The summed E-state index contributed by atoms with van der Waals surface area (Å²) in [6, 6.07) is 5.14. The second-order valence-electron chi connectivity index (χ2n) is 5.13. The molecule has 0 bridgehead atoms. The van der Waals surface area contributed by atoms with Crippen molar-refractivity contribution < 1.29 is 21.2 Å². The number of hydrogen-bond donors (Lipinski definition) is 1. The number of hydrogen-bond acceptors (Lipinski definition) is 4. The number of sulfonamides is 2. The van der Waals surface area contributed by atoms with Gasteiger partial charge >= 0.3 is 0 Å². The quantitative estimate of drug-likeness (QED) is 0.866. The average Bonchev–Trinajstić information content (AvgIpc) is 2.37. The third kappa shape index (κ3) is 4.00. The molecule has 6 nitrogen and oxygen atoms in total. The van der Waals surface area contributed by atoms with Crippen molar-refractivity contribution in [3.63, 3.8) is 0 Å². The van der Waals surface area contributed by atoms with Gasteiger partial charge in [-0.3, -0.25) is 0 Å². The molecule has 1 aromatic carbocycles. The van der Waals surface area contributed by atoms with Crippen molar-refractivity contribution >= 4 is 20.0 Å². The van der Waals surface area contributed by atoms with E-state index in [2.05, 4.69) is 0 Å². The van der Waals surface area contributed by atoms with Gasteiger partial charge in [-0.05, 0) is 30.9 Å². The van der Waals surface area contributed by atoms with Crippen molar-refractivity contribution in [2.45, 2.75) is 17.7 Å². The van der Waals surface area contributed by atoms with Gasteiger partial charge in [0.2, 0.25) is 20.0 Å². The number of nitrogens with zero attached hydrogens (tertiary/aromatic N) is 1. The lowest BCUT2D eigenvalue weighted by atomic mass is 10.0. The van der Waals surface area contributed by atoms with E-state index in [1.807, 2.05) is 0 Å². The Morgan fingerprint density at radius 3 is 2.52 bits per heavy atom. The molecule has 1 aliphatic heterocycles. The van der Waals surface area contributed by atoms with E-state index in [1.165, 1.54) is 18.2 Å². The van der Waals surface area contributed by atoms with Gasteiger partial charge < -0.3 is 0 Å². The highest BCUT2D eigenvalue weighted by Gasteiger charge is 2.33. The van der Waals surface area contributed by atoms with Crippen molar-refractivity contribution in [2.24, 2.45) is 11.1 Å². The Hall–Kier alpha value is -1.03. The minimum atomic E-state index is -3.96. The number of rotatable bonds is 4. The minimum absolute atomic E-state index is 0.0348. The fourth-order valence-corrected chi connectivity index (χ4v) is 5.05. The van der Waals surface area contributed by atoms with Crippen molar-refractivity contribution in [1.82, 2.24) is 4.31 Å². The van der Waals surface area contributed by atoms with Gasteiger partial charge in [0, 0.05) is 13.1 Å². The molecule has 21 heavy (non-hydrogen) atoms. The van der Waals surface area contributed by atoms with Crippen molar-refractivity contribution in [1.29, 1.82) is 0 Å². The zero-order valence-electron chi connectivity index (χ0n) is 11.3. The van der Waals surface area contributed by atoms with E-state index in [9.17, 15) is 21.2 Å². The number of primary sulfonamides is 1. The first-order chi connectivity index (χ1) is 9.70. The van der Waals surface area contributed by atoms with Crippen LogP contribution in [0.5, 0.6) is 0 Å². The minimum Gasteiger partial charge on any atom is -0.229 e. The molecule has 1 unspecified atom stereocenters. The molecular formula is C12H17FN2O4S2. The van der Waals surface area contributed by atoms with Crippen molar-refractivity contribution in [3.8, 4) is 0 Å². The van der Waals surface area contributed by atoms with Crippen LogP contribution in [0.3, 0.4) is 0 Å². The lowest BCUT2D eigenvalue weighted by Crippen LogP contribution is -2.42. The Labute approximate surface area is 123 Å². The maximum atomic E-state index is 13.7. The number of halogens is 1. The monoisotopic (exact) mass is 336 g/mol. The second-order valence-corrected chi connectivity index (χ2v) is 8.70. The molecular weight excluding hydrogens is 319 g/mol. The summed E-state index contributed by atoms with van der Waals surface area (Å²) < 4.78 is 61.9. The molecule has 0 radical (unpaired) electrons. The van der Waals surface area contributed by atoms with Crippen molar-refractivity contribution in [2.75, 3.05) is 18.8 Å². The number of nitrogens with two attached hydrogens (primary N) is 1. The van der Waals surface area contributed by atoms with Gasteiger partial charge in [0.05, 0.1) is 5.75 Å². The van der Waals surface area contributed by atoms with Crippen LogP contribution < -0.4 is 5.14 Å². The molecule has 1 saturated heterocycles. The molecule has 0 saturated carbocycles. The van der Waals surface area contributed by atoms with E-state index in [1.54, 1.807) is 0 Å². The predicted octanol–water partition coefficient (Wildman–Crippen LogP) is 0.515. The SMILES string of the molecule is NS(=O)(=O)CC1CCCN(S(=O)(=O)c2ccccc2F)C1. The van der Waals surface area contributed by atoms with Crippen LogP contribution >= 0.6 is 0 Å². The lowest BCUT2D eigenvalue weighted by molar-refractivity contribution is 0.281. The van der Waals surface area contributed by atoms with Gasteiger partial charge in [-0.1, -0.05) is 12.1 Å². The Morgan fingerprint density at radius 1 is 1.24 bits per heavy atom. The normalized spacial score (nSPS) is 21.3. The summed E-state index contributed by atoms with van der Waals surface area (Å²) in [6.45, 7) is 0.283. The zero-order chi connectivity index (χ0) is 15.7. The first kappa shape index (κ1) is 16.3. The van der Waals surface area contributed by atoms with Gasteiger partial charge in [-0.15, -0.1) is 0 Å². The Morgan fingerprint density at radius 2 is 1.90 bits per heavy atom. The molecule has 1 aromatic rings. The molecule has 2 rings (SSSR count). The zero-order valence-corrected chi connectivity index (χ0v) is 12.9. The van der Waals surface area contributed by atoms with Gasteiger partial charge in [0.15, 0.2) is 0 Å². The molecule has 1 heterocycles. The molecule has 1 aliphatic rings. The largest absolute Gasteiger partial charge is 0.245 e. The Balaban J connectivity index is 2.23. The van der Waals surface area contributed by atoms with E-state index in [0.717, 1.165) is 10.4 Å².